The molecule has 0 bridgehead atoms. The van der Waals surface area contributed by atoms with E-state index in [1.54, 1.807) is 25.2 Å². The van der Waals surface area contributed by atoms with Gasteiger partial charge < -0.3 is 4.74 Å². The summed E-state index contributed by atoms with van der Waals surface area (Å²) >= 11 is 13.4. The van der Waals surface area contributed by atoms with Crippen molar-refractivity contribution in [1.29, 1.82) is 0 Å². The number of hydrogen-bond donors (Lipinski definition) is 0. The number of hydrogen-bond acceptors (Lipinski definition) is 5. The van der Waals surface area contributed by atoms with Crippen molar-refractivity contribution in [3.05, 3.63) is 101 Å². The maximum Gasteiger partial charge on any atom is 0.340 e. The van der Waals surface area contributed by atoms with Gasteiger partial charge in [-0.05, 0) is 17.7 Å². The molecule has 2 aromatic heterocycles. The lowest BCUT2D eigenvalue weighted by molar-refractivity contribution is 0.0476. The Morgan fingerprint density at radius 2 is 1.71 bits per heavy atom. The second-order valence-corrected chi connectivity index (χ2v) is 8.50. The van der Waals surface area contributed by atoms with Gasteiger partial charge >= 0.3 is 11.7 Å². The van der Waals surface area contributed by atoms with E-state index in [1.165, 1.54) is 9.95 Å². The van der Waals surface area contributed by atoms with Crippen molar-refractivity contribution in [1.82, 2.24) is 9.13 Å². The highest BCUT2D eigenvalue weighted by molar-refractivity contribution is 7.17. The van der Waals surface area contributed by atoms with Crippen LogP contribution < -0.4 is 11.2 Å². The molecular weight excluding hydrogens is 459 g/mol. The lowest BCUT2D eigenvalue weighted by atomic mass is 10.2. The highest BCUT2D eigenvalue weighted by Crippen LogP contribution is 2.27. The van der Waals surface area contributed by atoms with Crippen LogP contribution in [0.1, 0.15) is 21.5 Å². The minimum atomic E-state index is -0.691. The number of thiophene rings is 1. The van der Waals surface area contributed by atoms with E-state index in [4.69, 9.17) is 27.9 Å². The number of ether oxygens (including phenoxy) is 1. The average molecular weight is 475 g/mol. The first kappa shape index (κ1) is 21.4. The van der Waals surface area contributed by atoms with Gasteiger partial charge in [-0.25, -0.2) is 9.59 Å². The Hall–Kier alpha value is -2.87. The molecule has 31 heavy (non-hydrogen) atoms. The third kappa shape index (κ3) is 4.04. The van der Waals surface area contributed by atoms with Crippen LogP contribution in [0.15, 0.2) is 63.5 Å². The Balaban J connectivity index is 1.73. The van der Waals surface area contributed by atoms with Crippen LogP contribution in [0, 0.1) is 0 Å². The van der Waals surface area contributed by atoms with Gasteiger partial charge in [0.2, 0.25) is 0 Å². The maximum atomic E-state index is 13.2. The third-order valence-corrected chi connectivity index (χ3v) is 6.63. The zero-order valence-electron chi connectivity index (χ0n) is 16.3. The summed E-state index contributed by atoms with van der Waals surface area (Å²) in [6, 6.07) is 14.2. The van der Waals surface area contributed by atoms with Crippen LogP contribution in [0.25, 0.3) is 10.2 Å². The van der Waals surface area contributed by atoms with Crippen LogP contribution in [-0.4, -0.2) is 15.1 Å². The van der Waals surface area contributed by atoms with E-state index in [1.807, 2.05) is 30.3 Å². The Bertz CT molecular complexity index is 1390. The molecule has 0 radical (unpaired) electrons. The van der Waals surface area contributed by atoms with Gasteiger partial charge in [-0.15, -0.1) is 11.3 Å². The Morgan fingerprint density at radius 3 is 2.39 bits per heavy atom. The fourth-order valence-electron chi connectivity index (χ4n) is 3.23. The molecule has 6 nitrogen and oxygen atoms in total. The monoisotopic (exact) mass is 474 g/mol. The summed E-state index contributed by atoms with van der Waals surface area (Å²) in [4.78, 5) is 39.1. The van der Waals surface area contributed by atoms with E-state index in [-0.39, 0.29) is 24.1 Å². The quantitative estimate of drug-likeness (QED) is 0.400. The zero-order chi connectivity index (χ0) is 22.1. The largest absolute Gasteiger partial charge is 0.457 e. The summed E-state index contributed by atoms with van der Waals surface area (Å²) in [5.74, 6) is -0.691. The van der Waals surface area contributed by atoms with E-state index < -0.39 is 17.2 Å². The molecule has 0 spiro atoms. The van der Waals surface area contributed by atoms with Gasteiger partial charge in [-0.1, -0.05) is 59.6 Å². The lowest BCUT2D eigenvalue weighted by Gasteiger charge is -2.10. The summed E-state index contributed by atoms with van der Waals surface area (Å²) < 4.78 is 7.87. The van der Waals surface area contributed by atoms with Crippen LogP contribution in [0.3, 0.4) is 0 Å². The molecule has 0 N–H and O–H groups in total. The third-order valence-electron chi connectivity index (χ3n) is 4.87. The molecule has 158 valence electrons. The van der Waals surface area contributed by atoms with Gasteiger partial charge in [0, 0.05) is 28.0 Å². The summed E-state index contributed by atoms with van der Waals surface area (Å²) in [6.07, 6.45) is 0. The zero-order valence-corrected chi connectivity index (χ0v) is 18.6. The van der Waals surface area contributed by atoms with Gasteiger partial charge in [-0.2, -0.15) is 0 Å². The van der Waals surface area contributed by atoms with Crippen molar-refractivity contribution in [2.75, 3.05) is 0 Å². The molecule has 0 aliphatic rings. The van der Waals surface area contributed by atoms with Crippen molar-refractivity contribution in [3.8, 4) is 0 Å². The van der Waals surface area contributed by atoms with E-state index in [2.05, 4.69) is 0 Å². The van der Waals surface area contributed by atoms with Crippen LogP contribution in [-0.2, 0) is 24.9 Å². The second-order valence-electron chi connectivity index (χ2n) is 6.82. The smallest absolute Gasteiger partial charge is 0.340 e. The van der Waals surface area contributed by atoms with Crippen LogP contribution in [0.4, 0.5) is 0 Å². The number of fused-ring (bicyclic) bond motifs is 1. The van der Waals surface area contributed by atoms with E-state index in [9.17, 15) is 14.4 Å². The molecule has 9 heteroatoms. The van der Waals surface area contributed by atoms with Crippen LogP contribution in [0.2, 0.25) is 10.0 Å². The maximum absolute atomic E-state index is 13.2. The molecule has 0 fully saturated rings. The molecule has 4 aromatic rings. The molecule has 0 saturated heterocycles. The molecular formula is C22H16Cl2N2O4S. The van der Waals surface area contributed by atoms with Crippen molar-refractivity contribution in [3.63, 3.8) is 0 Å². The van der Waals surface area contributed by atoms with Crippen molar-refractivity contribution in [2.45, 2.75) is 13.2 Å². The number of halogens is 2. The summed E-state index contributed by atoms with van der Waals surface area (Å²) in [7, 11) is 1.57. The Labute approximate surface area is 190 Å². The highest BCUT2D eigenvalue weighted by Gasteiger charge is 2.22. The first-order valence-corrected chi connectivity index (χ1v) is 10.9. The molecule has 0 saturated carbocycles. The van der Waals surface area contributed by atoms with Gasteiger partial charge in [0.25, 0.3) is 5.56 Å². The van der Waals surface area contributed by atoms with Gasteiger partial charge in [-0.3, -0.25) is 13.9 Å². The highest BCUT2D eigenvalue weighted by atomic mass is 35.5. The first-order valence-electron chi connectivity index (χ1n) is 9.23. The summed E-state index contributed by atoms with van der Waals surface area (Å²) in [5.41, 5.74) is 0.392. The number of benzene rings is 2. The molecule has 0 aliphatic carbocycles. The predicted octanol–water partition coefficient (Wildman–Crippen LogP) is 4.47. The number of aromatic nitrogens is 2. The van der Waals surface area contributed by atoms with E-state index in [0.717, 1.165) is 21.5 Å². The number of carbonyl (C=O) groups excluding carboxylic acids is 1. The Kier molecular flexibility index (Phi) is 6.00. The molecule has 0 atom stereocenters. The van der Waals surface area contributed by atoms with Crippen molar-refractivity contribution >= 4 is 50.7 Å². The first-order chi connectivity index (χ1) is 14.9. The molecule has 0 amide bonds. The van der Waals surface area contributed by atoms with E-state index >= 15 is 0 Å². The van der Waals surface area contributed by atoms with Crippen LogP contribution in [0.5, 0.6) is 0 Å². The standard InChI is InChI=1S/C22H16Cl2N2O4S/c1-25-20-18(19(27)26(22(25)29)10-13-6-3-2-4-7-13)15(12-31-20)21(28)30-11-14-16(23)8-5-9-17(14)24/h2-9,12H,10-11H2,1H3. The fraction of sp³-hybridized carbons (Fsp3) is 0.136. The summed E-state index contributed by atoms with van der Waals surface area (Å²) in [6.45, 7) is -0.0412. The number of aryl methyl sites for hydroxylation is 1. The second kappa shape index (κ2) is 8.70. The molecule has 0 unspecified atom stereocenters. The molecule has 2 heterocycles. The lowest BCUT2D eigenvalue weighted by Crippen LogP contribution is -2.39. The van der Waals surface area contributed by atoms with Gasteiger partial charge in [0.1, 0.15) is 11.4 Å². The normalized spacial score (nSPS) is 11.1. The molecule has 4 rings (SSSR count). The number of carbonyl (C=O) groups is 1. The van der Waals surface area contributed by atoms with E-state index in [0.29, 0.717) is 20.4 Å². The minimum Gasteiger partial charge on any atom is -0.457 e. The van der Waals surface area contributed by atoms with Crippen molar-refractivity contribution in [2.24, 2.45) is 7.05 Å². The van der Waals surface area contributed by atoms with Crippen LogP contribution >= 0.6 is 34.5 Å². The number of rotatable bonds is 5. The SMILES string of the molecule is Cn1c(=O)n(Cc2ccccc2)c(=O)c2c(C(=O)OCc3c(Cl)cccc3Cl)csc21. The minimum absolute atomic E-state index is 0.0991. The molecule has 2 aromatic carbocycles. The Morgan fingerprint density at radius 1 is 1.03 bits per heavy atom. The summed E-state index contributed by atoms with van der Waals surface area (Å²) in [5, 5.41) is 2.43. The topological polar surface area (TPSA) is 70.3 Å². The van der Waals surface area contributed by atoms with Gasteiger partial charge in [0.15, 0.2) is 0 Å². The van der Waals surface area contributed by atoms with Gasteiger partial charge in [0.05, 0.1) is 17.5 Å². The molecule has 0 aliphatic heterocycles. The number of nitrogens with zero attached hydrogens (tertiary/aromatic N) is 2. The fourth-order valence-corrected chi connectivity index (χ4v) is 4.73. The number of esters is 1. The average Bonchev–Trinajstić information content (AvgIpc) is 3.21. The predicted molar refractivity (Wildman–Crippen MR) is 122 cm³/mol. The van der Waals surface area contributed by atoms with Crippen molar-refractivity contribution < 1.29 is 9.53 Å².